The van der Waals surface area contributed by atoms with E-state index in [2.05, 4.69) is 42.0 Å². The van der Waals surface area contributed by atoms with E-state index in [4.69, 9.17) is 4.74 Å². The molecule has 2 aliphatic rings. The Morgan fingerprint density at radius 3 is 2.67 bits per heavy atom. The van der Waals surface area contributed by atoms with E-state index in [9.17, 15) is 18.0 Å². The molecule has 1 N–H and O–H groups in total. The van der Waals surface area contributed by atoms with Crippen LogP contribution in [0, 0.1) is 0 Å². The quantitative estimate of drug-likeness (QED) is 0.516. The maximum absolute atomic E-state index is 14.2. The molecular formula is C25H31F3N8O3. The van der Waals surface area contributed by atoms with Gasteiger partial charge in [-0.1, -0.05) is 0 Å². The van der Waals surface area contributed by atoms with Crippen LogP contribution in [0.2, 0.25) is 0 Å². The lowest BCUT2D eigenvalue weighted by Gasteiger charge is -2.34. The number of morpholine rings is 1. The van der Waals surface area contributed by atoms with Crippen LogP contribution in [0.5, 0.6) is 0 Å². The average molecular weight is 549 g/mol. The number of piperazine rings is 1. The van der Waals surface area contributed by atoms with Gasteiger partial charge < -0.3 is 19.3 Å². The number of amides is 1. The fourth-order valence-electron chi connectivity index (χ4n) is 4.85. The number of pyridine rings is 1. The van der Waals surface area contributed by atoms with Crippen LogP contribution in [0.15, 0.2) is 24.5 Å². The molecule has 1 amide bonds. The fraction of sp³-hybridized carbons (Fsp3) is 0.520. The SMILES string of the molecule is COC(=O)Nc1cc(C(F)(F)F)c(-c2nc(N3CCOC[C@@H]3C)c3cc(CN4CCN(C)CC4)cn3n2)cn1. The number of fused-ring (bicyclic) bond motifs is 1. The van der Waals surface area contributed by atoms with E-state index in [1.807, 2.05) is 24.1 Å². The predicted octanol–water partition coefficient (Wildman–Crippen LogP) is 2.96. The van der Waals surface area contributed by atoms with Crippen molar-refractivity contribution in [2.45, 2.75) is 25.7 Å². The third-order valence-electron chi connectivity index (χ3n) is 7.01. The zero-order chi connectivity index (χ0) is 27.7. The first-order valence-electron chi connectivity index (χ1n) is 12.7. The maximum atomic E-state index is 14.2. The van der Waals surface area contributed by atoms with Crippen molar-refractivity contribution < 1.29 is 27.4 Å². The van der Waals surface area contributed by atoms with Crippen LogP contribution in [-0.2, 0) is 22.2 Å². The van der Waals surface area contributed by atoms with Crippen molar-refractivity contribution in [1.29, 1.82) is 0 Å². The van der Waals surface area contributed by atoms with Gasteiger partial charge in [-0.3, -0.25) is 10.2 Å². The van der Waals surface area contributed by atoms with E-state index in [1.54, 1.807) is 4.52 Å². The minimum Gasteiger partial charge on any atom is -0.453 e. The van der Waals surface area contributed by atoms with E-state index < -0.39 is 17.8 Å². The smallest absolute Gasteiger partial charge is 0.417 e. The molecule has 5 heterocycles. The maximum Gasteiger partial charge on any atom is 0.417 e. The highest BCUT2D eigenvalue weighted by Gasteiger charge is 2.36. The highest BCUT2D eigenvalue weighted by atomic mass is 19.4. The van der Waals surface area contributed by atoms with Crippen LogP contribution in [0.1, 0.15) is 18.1 Å². The van der Waals surface area contributed by atoms with E-state index in [0.29, 0.717) is 37.6 Å². The summed E-state index contributed by atoms with van der Waals surface area (Å²) in [6.45, 7) is 7.99. The summed E-state index contributed by atoms with van der Waals surface area (Å²) in [7, 11) is 3.21. The normalized spacial score (nSPS) is 19.4. The number of carbonyl (C=O) groups excluding carboxylic acids is 1. The van der Waals surface area contributed by atoms with Gasteiger partial charge in [-0.25, -0.2) is 19.3 Å². The molecule has 5 rings (SSSR count). The largest absolute Gasteiger partial charge is 0.453 e. The molecule has 0 radical (unpaired) electrons. The van der Waals surface area contributed by atoms with Crippen molar-refractivity contribution in [1.82, 2.24) is 29.4 Å². The number of anilines is 2. The molecule has 0 aliphatic carbocycles. The summed E-state index contributed by atoms with van der Waals surface area (Å²) >= 11 is 0. The van der Waals surface area contributed by atoms with Gasteiger partial charge in [0, 0.05) is 51.7 Å². The van der Waals surface area contributed by atoms with Gasteiger partial charge in [0.05, 0.1) is 37.5 Å². The van der Waals surface area contributed by atoms with E-state index in [1.165, 1.54) is 0 Å². The summed E-state index contributed by atoms with van der Waals surface area (Å²) in [6.07, 6.45) is -2.80. The molecule has 3 aromatic rings. The zero-order valence-corrected chi connectivity index (χ0v) is 22.0. The van der Waals surface area contributed by atoms with Gasteiger partial charge in [-0.05, 0) is 31.7 Å². The lowest BCUT2D eigenvalue weighted by Crippen LogP contribution is -2.44. The van der Waals surface area contributed by atoms with Crippen molar-refractivity contribution >= 4 is 23.2 Å². The van der Waals surface area contributed by atoms with Crippen molar-refractivity contribution in [3.63, 3.8) is 0 Å². The van der Waals surface area contributed by atoms with Gasteiger partial charge in [0.15, 0.2) is 11.6 Å². The first-order valence-corrected chi connectivity index (χ1v) is 12.7. The number of likely N-dealkylation sites (N-methyl/N-ethyl adjacent to an activating group) is 1. The van der Waals surface area contributed by atoms with Gasteiger partial charge in [-0.2, -0.15) is 13.2 Å². The molecule has 0 unspecified atom stereocenters. The molecule has 0 aromatic carbocycles. The summed E-state index contributed by atoms with van der Waals surface area (Å²) in [4.78, 5) is 26.9. The molecule has 210 valence electrons. The number of alkyl halides is 3. The molecule has 39 heavy (non-hydrogen) atoms. The second kappa shape index (κ2) is 10.9. The summed E-state index contributed by atoms with van der Waals surface area (Å²) in [5, 5.41) is 6.68. The van der Waals surface area contributed by atoms with E-state index >= 15 is 0 Å². The number of carbonyl (C=O) groups is 1. The number of nitrogens with zero attached hydrogens (tertiary/aromatic N) is 7. The summed E-state index contributed by atoms with van der Waals surface area (Å²) < 4.78 is 54.2. The average Bonchev–Trinajstić information content (AvgIpc) is 3.31. The van der Waals surface area contributed by atoms with Crippen LogP contribution in [0.3, 0.4) is 0 Å². The molecule has 11 nitrogen and oxygen atoms in total. The van der Waals surface area contributed by atoms with Crippen LogP contribution >= 0.6 is 0 Å². The summed E-state index contributed by atoms with van der Waals surface area (Å²) in [5.74, 6) is 0.115. The van der Waals surface area contributed by atoms with Crippen LogP contribution in [-0.4, -0.2) is 102 Å². The lowest BCUT2D eigenvalue weighted by atomic mass is 10.1. The highest BCUT2D eigenvalue weighted by Crippen LogP contribution is 2.38. The molecule has 0 bridgehead atoms. The molecule has 3 aromatic heterocycles. The molecule has 0 saturated carbocycles. The Bertz CT molecular complexity index is 1340. The number of hydrogen-bond acceptors (Lipinski definition) is 9. The molecule has 1 atom stereocenters. The lowest BCUT2D eigenvalue weighted by molar-refractivity contribution is -0.137. The van der Waals surface area contributed by atoms with Crippen LogP contribution < -0.4 is 10.2 Å². The Hall–Kier alpha value is -3.49. The van der Waals surface area contributed by atoms with Crippen molar-refractivity contribution in [3.8, 4) is 11.4 Å². The standard InChI is InChI=1S/C25H31F3N8O3/c1-16-15-39-9-8-35(16)23-20-10-17(13-34-6-4-33(2)5-7-34)14-36(20)32-22(31-23)18-12-29-21(30-24(37)38-3)11-19(18)25(26,27)28/h10-12,14,16H,4-9,13,15H2,1-3H3,(H,29,30,37)/t16-/m0/s1. The van der Waals surface area contributed by atoms with Crippen molar-refractivity contribution in [2.75, 3.05) is 70.3 Å². The molecule has 2 fully saturated rings. The fourth-order valence-corrected chi connectivity index (χ4v) is 4.85. The Morgan fingerprint density at radius 2 is 1.97 bits per heavy atom. The highest BCUT2D eigenvalue weighted by molar-refractivity contribution is 5.84. The summed E-state index contributed by atoms with van der Waals surface area (Å²) in [6, 6.07) is 2.73. The second-order valence-corrected chi connectivity index (χ2v) is 9.86. The number of ether oxygens (including phenoxy) is 2. The minimum absolute atomic E-state index is 0.0341. The Kier molecular flexibility index (Phi) is 7.60. The van der Waals surface area contributed by atoms with E-state index in [0.717, 1.165) is 51.1 Å². The third-order valence-corrected chi connectivity index (χ3v) is 7.01. The molecule has 2 saturated heterocycles. The van der Waals surface area contributed by atoms with Crippen LogP contribution in [0.4, 0.5) is 29.6 Å². The number of halogens is 3. The number of hydrogen-bond donors (Lipinski definition) is 1. The summed E-state index contributed by atoms with van der Waals surface area (Å²) in [5.41, 5.74) is 0.396. The number of rotatable bonds is 5. The second-order valence-electron chi connectivity index (χ2n) is 9.86. The Morgan fingerprint density at radius 1 is 1.21 bits per heavy atom. The third kappa shape index (κ3) is 5.92. The number of aromatic nitrogens is 4. The Labute approximate surface area is 223 Å². The van der Waals surface area contributed by atoms with Gasteiger partial charge in [-0.15, -0.1) is 5.10 Å². The van der Waals surface area contributed by atoms with E-state index in [-0.39, 0.29) is 23.2 Å². The van der Waals surface area contributed by atoms with Gasteiger partial charge in [0.1, 0.15) is 11.3 Å². The van der Waals surface area contributed by atoms with Gasteiger partial charge in [0.2, 0.25) is 0 Å². The first-order chi connectivity index (χ1) is 18.6. The van der Waals surface area contributed by atoms with Crippen molar-refractivity contribution in [3.05, 3.63) is 35.7 Å². The molecular weight excluding hydrogens is 517 g/mol. The van der Waals surface area contributed by atoms with Crippen LogP contribution in [0.25, 0.3) is 16.9 Å². The monoisotopic (exact) mass is 548 g/mol. The molecule has 0 spiro atoms. The molecule has 2 aliphatic heterocycles. The van der Waals surface area contributed by atoms with Gasteiger partial charge in [0.25, 0.3) is 0 Å². The number of methoxy groups -OCH3 is 1. The number of nitrogens with one attached hydrogen (secondary N) is 1. The first kappa shape index (κ1) is 27.1. The zero-order valence-electron chi connectivity index (χ0n) is 22.0. The molecule has 14 heteroatoms. The predicted molar refractivity (Wildman–Crippen MR) is 138 cm³/mol. The minimum atomic E-state index is -4.75. The van der Waals surface area contributed by atoms with Crippen molar-refractivity contribution in [2.24, 2.45) is 0 Å². The topological polar surface area (TPSA) is 100 Å². The Balaban J connectivity index is 1.59. The van der Waals surface area contributed by atoms with Gasteiger partial charge >= 0.3 is 12.3 Å².